The van der Waals surface area contributed by atoms with Crippen LogP contribution in [0.1, 0.15) is 17.1 Å². The highest BCUT2D eigenvalue weighted by Gasteiger charge is 2.14. The van der Waals surface area contributed by atoms with Crippen molar-refractivity contribution in [2.45, 2.75) is 19.9 Å². The molecule has 0 spiro atoms. The molecule has 0 bridgehead atoms. The highest BCUT2D eigenvalue weighted by molar-refractivity contribution is 5.88. The number of H-pyrrole nitrogens is 1. The van der Waals surface area contributed by atoms with Gasteiger partial charge < -0.3 is 14.3 Å². The van der Waals surface area contributed by atoms with Crippen molar-refractivity contribution >= 4 is 16.8 Å². The Morgan fingerprint density at radius 1 is 1.24 bits per heavy atom. The normalized spacial score (nSPS) is 11.0. The molecule has 0 radical (unpaired) electrons. The molecule has 3 rings (SSSR count). The van der Waals surface area contributed by atoms with E-state index in [4.69, 9.17) is 4.42 Å². The molecule has 4 heteroatoms. The second kappa shape index (κ2) is 5.48. The highest BCUT2D eigenvalue weighted by atomic mass is 16.3. The van der Waals surface area contributed by atoms with Gasteiger partial charge in [-0.25, -0.2) is 0 Å². The minimum absolute atomic E-state index is 0.0776. The number of hydrogen-bond acceptors (Lipinski definition) is 2. The van der Waals surface area contributed by atoms with Crippen LogP contribution in [0.4, 0.5) is 0 Å². The largest absolute Gasteiger partial charge is 0.464 e. The molecule has 1 amide bonds. The molecule has 0 atom stereocenters. The van der Waals surface area contributed by atoms with E-state index in [1.807, 2.05) is 49.5 Å². The fraction of sp³-hybridized carbons (Fsp3) is 0.235. The average Bonchev–Trinajstić information content (AvgIpc) is 3.06. The summed E-state index contributed by atoms with van der Waals surface area (Å²) in [4.78, 5) is 17.2. The SMILES string of the molecule is Cc1ccc(CN(C)C(=O)Cc2c[nH]c3ccccc23)o1. The highest BCUT2D eigenvalue weighted by Crippen LogP contribution is 2.19. The van der Waals surface area contributed by atoms with Gasteiger partial charge in [0.15, 0.2) is 0 Å². The van der Waals surface area contributed by atoms with E-state index in [1.54, 1.807) is 11.9 Å². The minimum atomic E-state index is 0.0776. The number of aromatic nitrogens is 1. The van der Waals surface area contributed by atoms with Crippen LogP contribution in [0.5, 0.6) is 0 Å². The molecule has 0 unspecified atom stereocenters. The molecule has 3 aromatic rings. The number of amides is 1. The van der Waals surface area contributed by atoms with E-state index in [9.17, 15) is 4.79 Å². The molecule has 1 aromatic carbocycles. The summed E-state index contributed by atoms with van der Waals surface area (Å²) in [5.41, 5.74) is 2.09. The first kappa shape index (κ1) is 13.5. The van der Waals surface area contributed by atoms with Crippen LogP contribution < -0.4 is 0 Å². The van der Waals surface area contributed by atoms with E-state index < -0.39 is 0 Å². The number of nitrogens with zero attached hydrogens (tertiary/aromatic N) is 1. The van der Waals surface area contributed by atoms with Gasteiger partial charge in [0.05, 0.1) is 13.0 Å². The zero-order valence-electron chi connectivity index (χ0n) is 12.2. The lowest BCUT2D eigenvalue weighted by atomic mass is 10.1. The molecule has 21 heavy (non-hydrogen) atoms. The van der Waals surface area contributed by atoms with E-state index in [-0.39, 0.29) is 5.91 Å². The number of benzene rings is 1. The molecular formula is C17H18N2O2. The van der Waals surface area contributed by atoms with Crippen LogP contribution >= 0.6 is 0 Å². The Bertz CT molecular complexity index is 770. The topological polar surface area (TPSA) is 49.2 Å². The number of furan rings is 1. The zero-order chi connectivity index (χ0) is 14.8. The molecule has 2 heterocycles. The van der Waals surface area contributed by atoms with Gasteiger partial charge in [-0.1, -0.05) is 18.2 Å². The lowest BCUT2D eigenvalue weighted by molar-refractivity contribution is -0.129. The van der Waals surface area contributed by atoms with Crippen LogP contribution in [0, 0.1) is 6.92 Å². The Kier molecular flexibility index (Phi) is 3.52. The quantitative estimate of drug-likeness (QED) is 0.798. The predicted octanol–water partition coefficient (Wildman–Crippen LogP) is 3.27. The Morgan fingerprint density at radius 2 is 2.05 bits per heavy atom. The van der Waals surface area contributed by atoms with Gasteiger partial charge in [-0.3, -0.25) is 4.79 Å². The lowest BCUT2D eigenvalue weighted by Crippen LogP contribution is -2.27. The zero-order valence-corrected chi connectivity index (χ0v) is 12.2. The summed E-state index contributed by atoms with van der Waals surface area (Å²) < 4.78 is 5.51. The van der Waals surface area contributed by atoms with Gasteiger partial charge in [0.1, 0.15) is 11.5 Å². The average molecular weight is 282 g/mol. The van der Waals surface area contributed by atoms with Crippen molar-refractivity contribution in [3.8, 4) is 0 Å². The molecule has 0 aliphatic heterocycles. The molecule has 0 saturated heterocycles. The van der Waals surface area contributed by atoms with Crippen molar-refractivity contribution in [2.24, 2.45) is 0 Å². The number of aryl methyl sites for hydroxylation is 1. The summed E-state index contributed by atoms with van der Waals surface area (Å²) in [7, 11) is 1.80. The smallest absolute Gasteiger partial charge is 0.227 e. The standard InChI is InChI=1S/C17H18N2O2/c1-12-7-8-14(21-12)11-19(2)17(20)9-13-10-18-16-6-4-3-5-15(13)16/h3-8,10,18H,9,11H2,1-2H3. The van der Waals surface area contributed by atoms with E-state index in [1.165, 1.54) is 0 Å². The Balaban J connectivity index is 1.70. The monoisotopic (exact) mass is 282 g/mol. The Hall–Kier alpha value is -2.49. The van der Waals surface area contributed by atoms with Crippen LogP contribution in [0.2, 0.25) is 0 Å². The van der Waals surface area contributed by atoms with E-state index in [0.717, 1.165) is 28.0 Å². The molecular weight excluding hydrogens is 264 g/mol. The third-order valence-electron chi connectivity index (χ3n) is 3.63. The first-order valence-corrected chi connectivity index (χ1v) is 6.98. The maximum absolute atomic E-state index is 12.3. The third-order valence-corrected chi connectivity index (χ3v) is 3.63. The molecule has 2 aromatic heterocycles. The molecule has 108 valence electrons. The molecule has 0 saturated carbocycles. The van der Waals surface area contributed by atoms with Crippen LogP contribution in [-0.4, -0.2) is 22.8 Å². The van der Waals surface area contributed by atoms with Crippen molar-refractivity contribution in [3.63, 3.8) is 0 Å². The summed E-state index contributed by atoms with van der Waals surface area (Å²) in [5, 5.41) is 1.10. The number of carbonyl (C=O) groups excluding carboxylic acids is 1. The summed E-state index contributed by atoms with van der Waals surface area (Å²) in [6, 6.07) is 11.8. The van der Waals surface area contributed by atoms with Gasteiger partial charge in [-0.05, 0) is 30.7 Å². The Labute approximate surface area is 123 Å². The van der Waals surface area contributed by atoms with E-state index in [0.29, 0.717) is 13.0 Å². The number of rotatable bonds is 4. The number of nitrogens with one attached hydrogen (secondary N) is 1. The second-order valence-corrected chi connectivity index (χ2v) is 5.30. The number of fused-ring (bicyclic) bond motifs is 1. The van der Waals surface area contributed by atoms with Gasteiger partial charge in [-0.15, -0.1) is 0 Å². The van der Waals surface area contributed by atoms with Crippen LogP contribution in [-0.2, 0) is 17.8 Å². The maximum atomic E-state index is 12.3. The molecule has 0 aliphatic rings. The number of para-hydroxylation sites is 1. The van der Waals surface area contributed by atoms with Crippen LogP contribution in [0.15, 0.2) is 47.0 Å². The molecule has 0 aliphatic carbocycles. The fourth-order valence-corrected chi connectivity index (χ4v) is 2.47. The van der Waals surface area contributed by atoms with E-state index >= 15 is 0 Å². The molecule has 0 fully saturated rings. The lowest BCUT2D eigenvalue weighted by Gasteiger charge is -2.15. The first-order valence-electron chi connectivity index (χ1n) is 6.98. The Morgan fingerprint density at radius 3 is 2.81 bits per heavy atom. The molecule has 4 nitrogen and oxygen atoms in total. The third kappa shape index (κ3) is 2.84. The van der Waals surface area contributed by atoms with Gasteiger partial charge in [-0.2, -0.15) is 0 Å². The summed E-state index contributed by atoms with van der Waals surface area (Å²) in [6.45, 7) is 2.40. The van der Waals surface area contributed by atoms with Crippen LogP contribution in [0.3, 0.4) is 0 Å². The van der Waals surface area contributed by atoms with Gasteiger partial charge >= 0.3 is 0 Å². The predicted molar refractivity (Wildman–Crippen MR) is 81.9 cm³/mol. The van der Waals surface area contributed by atoms with Crippen molar-refractivity contribution in [3.05, 3.63) is 59.7 Å². The number of likely N-dealkylation sites (N-methyl/N-ethyl adjacent to an activating group) is 1. The number of carbonyl (C=O) groups is 1. The van der Waals surface area contributed by atoms with Gasteiger partial charge in [0.25, 0.3) is 0 Å². The van der Waals surface area contributed by atoms with Crippen molar-refractivity contribution < 1.29 is 9.21 Å². The number of aromatic amines is 1. The van der Waals surface area contributed by atoms with Crippen LogP contribution in [0.25, 0.3) is 10.9 Å². The van der Waals surface area contributed by atoms with Crippen molar-refractivity contribution in [1.29, 1.82) is 0 Å². The number of hydrogen-bond donors (Lipinski definition) is 1. The van der Waals surface area contributed by atoms with E-state index in [2.05, 4.69) is 4.98 Å². The first-order chi connectivity index (χ1) is 10.1. The summed E-state index contributed by atoms with van der Waals surface area (Å²) in [6.07, 6.45) is 2.30. The van der Waals surface area contributed by atoms with Crippen molar-refractivity contribution in [1.82, 2.24) is 9.88 Å². The van der Waals surface area contributed by atoms with Gasteiger partial charge in [0, 0.05) is 24.1 Å². The fourth-order valence-electron chi connectivity index (χ4n) is 2.47. The summed E-state index contributed by atoms with van der Waals surface area (Å²) in [5.74, 6) is 1.75. The minimum Gasteiger partial charge on any atom is -0.464 e. The maximum Gasteiger partial charge on any atom is 0.227 e. The van der Waals surface area contributed by atoms with Gasteiger partial charge in [0.2, 0.25) is 5.91 Å². The second-order valence-electron chi connectivity index (χ2n) is 5.30. The summed E-state index contributed by atoms with van der Waals surface area (Å²) >= 11 is 0. The molecule has 1 N–H and O–H groups in total. The van der Waals surface area contributed by atoms with Crippen molar-refractivity contribution in [2.75, 3.05) is 7.05 Å².